The van der Waals surface area contributed by atoms with Crippen molar-refractivity contribution in [2.75, 3.05) is 36.8 Å². The van der Waals surface area contributed by atoms with Gasteiger partial charge >= 0.3 is 0 Å². The topological polar surface area (TPSA) is 125 Å². The van der Waals surface area contributed by atoms with Gasteiger partial charge in [0.25, 0.3) is 23.7 Å². The molecule has 16 heteroatoms. The number of aryl methyl sites for hydroxylation is 1. The number of piperidine rings is 2. The van der Waals surface area contributed by atoms with Gasteiger partial charge in [-0.3, -0.25) is 29.1 Å². The Morgan fingerprint density at radius 1 is 0.594 bits per heavy atom. The molecule has 358 valence electrons. The van der Waals surface area contributed by atoms with Crippen LogP contribution in [0, 0.1) is 23.5 Å². The monoisotopic (exact) mass is 948 g/mol. The molecule has 2 atom stereocenters. The van der Waals surface area contributed by atoms with Gasteiger partial charge in [-0.25, -0.2) is 26.3 Å². The molecule has 0 radical (unpaired) electrons. The van der Waals surface area contributed by atoms with Gasteiger partial charge in [0, 0.05) is 73.2 Å². The lowest BCUT2D eigenvalue weighted by Crippen LogP contribution is -2.52. The Balaban J connectivity index is 0.000000204. The lowest BCUT2D eigenvalue weighted by molar-refractivity contribution is -0.130. The normalized spacial score (nSPS) is 17.3. The zero-order chi connectivity index (χ0) is 49.5. The summed E-state index contributed by atoms with van der Waals surface area (Å²) in [6, 6.07) is 28.5. The number of halogens is 6. The van der Waals surface area contributed by atoms with Crippen molar-refractivity contribution in [1.82, 2.24) is 19.8 Å². The maximum Gasteiger partial charge on any atom is 0.266 e. The number of nitrogens with one attached hydrogen (secondary N) is 2. The molecule has 0 aliphatic carbocycles. The summed E-state index contributed by atoms with van der Waals surface area (Å²) in [7, 11) is 0. The lowest BCUT2D eigenvalue weighted by atomic mass is 9.93. The van der Waals surface area contributed by atoms with Gasteiger partial charge < -0.3 is 20.4 Å². The Morgan fingerprint density at radius 3 is 1.46 bits per heavy atom. The molecule has 4 heterocycles. The van der Waals surface area contributed by atoms with E-state index < -0.39 is 84.9 Å². The maximum absolute atomic E-state index is 14.6. The Labute approximate surface area is 395 Å². The van der Waals surface area contributed by atoms with E-state index in [1.165, 1.54) is 49.1 Å². The molecule has 4 aromatic carbocycles. The van der Waals surface area contributed by atoms with Gasteiger partial charge in [-0.15, -0.1) is 0 Å². The highest BCUT2D eigenvalue weighted by Crippen LogP contribution is 2.35. The van der Waals surface area contributed by atoms with Crippen molar-refractivity contribution < 1.29 is 45.5 Å². The van der Waals surface area contributed by atoms with Crippen molar-refractivity contribution in [1.29, 1.82) is 0 Å². The summed E-state index contributed by atoms with van der Waals surface area (Å²) in [6.07, 6.45) is 5.57. The van der Waals surface area contributed by atoms with Crippen LogP contribution in [0.15, 0.2) is 134 Å². The number of anilines is 2. The smallest absolute Gasteiger partial charge is 0.266 e. The lowest BCUT2D eigenvalue weighted by Gasteiger charge is -2.37. The minimum absolute atomic E-state index is 0.0562. The summed E-state index contributed by atoms with van der Waals surface area (Å²) in [5, 5.41) is 5.39. The standard InChI is InChI=1S/C27H26F3N3O2.C26H24F3N3O2/c1-17(2)19-4-3-5-24(13-19)32-25(34)22-14-27(29,30)16-33(15-22)26(35)21-10-20(11-23(28)12-21)18-6-8-31-9-7-18;1-2-17-4-3-5-23(10-17)31-24(33)21-14-26(28,29)16-32(15-21)25(34)20-11-19(12-22(27)13-20)18-6-8-30-9-7-18/h3-13,17,22H,14-16H2,1-2H3,(H,32,34);3-13,21H,2,14-16H2,1H3,(H,31,33). The van der Waals surface area contributed by atoms with Gasteiger partial charge in [0.15, 0.2) is 0 Å². The van der Waals surface area contributed by atoms with Crippen LogP contribution in [0.4, 0.5) is 37.7 Å². The first-order chi connectivity index (χ1) is 32.8. The Kier molecular flexibility index (Phi) is 15.3. The molecule has 2 aromatic heterocycles. The Morgan fingerprint density at radius 2 is 1.03 bits per heavy atom. The first-order valence-electron chi connectivity index (χ1n) is 22.4. The molecule has 8 rings (SSSR count). The summed E-state index contributed by atoms with van der Waals surface area (Å²) in [6.45, 7) is 3.96. The fourth-order valence-electron chi connectivity index (χ4n) is 8.41. The Bertz CT molecular complexity index is 2810. The third-order valence-electron chi connectivity index (χ3n) is 11.9. The third kappa shape index (κ3) is 13.0. The van der Waals surface area contributed by atoms with Crippen molar-refractivity contribution in [2.24, 2.45) is 11.8 Å². The van der Waals surface area contributed by atoms with Crippen LogP contribution in [0.2, 0.25) is 0 Å². The number of carbonyl (C=O) groups excluding carboxylic acids is 4. The second-order valence-electron chi connectivity index (χ2n) is 17.6. The summed E-state index contributed by atoms with van der Waals surface area (Å²) < 4.78 is 87.0. The minimum atomic E-state index is -3.25. The van der Waals surface area contributed by atoms with Gasteiger partial charge in [0.05, 0.1) is 24.9 Å². The fourth-order valence-corrected chi connectivity index (χ4v) is 8.41. The fraction of sp³-hybridized carbons (Fsp3) is 0.283. The molecule has 0 saturated carbocycles. The quantitative estimate of drug-likeness (QED) is 0.132. The molecule has 2 fully saturated rings. The van der Waals surface area contributed by atoms with Crippen molar-refractivity contribution in [3.05, 3.63) is 168 Å². The number of alkyl halides is 4. The van der Waals surface area contributed by atoms with E-state index in [-0.39, 0.29) is 30.1 Å². The number of nitrogens with zero attached hydrogens (tertiary/aromatic N) is 4. The summed E-state index contributed by atoms with van der Waals surface area (Å²) in [4.78, 5) is 61.7. The molecule has 69 heavy (non-hydrogen) atoms. The van der Waals surface area contributed by atoms with E-state index in [0.717, 1.165) is 39.5 Å². The summed E-state index contributed by atoms with van der Waals surface area (Å²) in [5.74, 6) is -12.5. The van der Waals surface area contributed by atoms with Gasteiger partial charge in [0.2, 0.25) is 11.8 Å². The van der Waals surface area contributed by atoms with Crippen LogP contribution < -0.4 is 10.6 Å². The molecule has 4 amide bonds. The van der Waals surface area contributed by atoms with E-state index >= 15 is 0 Å². The second-order valence-corrected chi connectivity index (χ2v) is 17.6. The van der Waals surface area contributed by atoms with Crippen LogP contribution in [-0.4, -0.2) is 81.4 Å². The molecule has 0 bridgehead atoms. The molecular formula is C53H50F6N6O4. The SMILES string of the molecule is CC(C)c1cccc(NC(=O)C2CN(C(=O)c3cc(F)cc(-c4ccncc4)c3)CC(F)(F)C2)c1.CCc1cccc(NC(=O)C2CN(C(=O)c3cc(F)cc(-c4ccncc4)c3)CC(F)(F)C2)c1. The van der Waals surface area contributed by atoms with Crippen molar-refractivity contribution in [3.8, 4) is 22.3 Å². The van der Waals surface area contributed by atoms with Crippen LogP contribution in [0.1, 0.15) is 71.4 Å². The van der Waals surface area contributed by atoms with E-state index in [1.807, 2.05) is 32.9 Å². The largest absolute Gasteiger partial charge is 0.332 e. The van der Waals surface area contributed by atoms with Crippen molar-refractivity contribution in [2.45, 2.75) is 57.8 Å². The average molecular weight is 949 g/mol. The van der Waals surface area contributed by atoms with Crippen LogP contribution >= 0.6 is 0 Å². The number of amides is 4. The van der Waals surface area contributed by atoms with Crippen molar-refractivity contribution in [3.63, 3.8) is 0 Å². The molecule has 2 unspecified atom stereocenters. The molecule has 0 spiro atoms. The van der Waals surface area contributed by atoms with Crippen LogP contribution in [0.25, 0.3) is 22.3 Å². The van der Waals surface area contributed by atoms with Crippen LogP contribution in [0.5, 0.6) is 0 Å². The van der Waals surface area contributed by atoms with E-state index in [4.69, 9.17) is 0 Å². The highest BCUT2D eigenvalue weighted by atomic mass is 19.3. The Hall–Kier alpha value is -7.36. The van der Waals surface area contributed by atoms with E-state index in [9.17, 15) is 45.5 Å². The predicted molar refractivity (Wildman–Crippen MR) is 251 cm³/mol. The molecule has 2 aliphatic heterocycles. The van der Waals surface area contributed by atoms with Crippen LogP contribution in [0.3, 0.4) is 0 Å². The van der Waals surface area contributed by atoms with Gasteiger partial charge in [0.1, 0.15) is 11.6 Å². The number of pyridine rings is 2. The number of hydrogen-bond acceptors (Lipinski definition) is 6. The molecule has 10 nitrogen and oxygen atoms in total. The number of benzene rings is 4. The second kappa shape index (κ2) is 21.3. The van der Waals surface area contributed by atoms with E-state index in [1.54, 1.807) is 60.7 Å². The van der Waals surface area contributed by atoms with Gasteiger partial charge in [-0.05, 0) is 131 Å². The number of rotatable bonds is 10. The van der Waals surface area contributed by atoms with Gasteiger partial charge in [-0.2, -0.15) is 0 Å². The van der Waals surface area contributed by atoms with Crippen molar-refractivity contribution >= 4 is 35.0 Å². The number of hydrogen-bond donors (Lipinski definition) is 2. The first-order valence-corrected chi connectivity index (χ1v) is 22.4. The molecule has 2 aliphatic rings. The third-order valence-corrected chi connectivity index (χ3v) is 11.9. The average Bonchev–Trinajstić information content (AvgIpc) is 3.33. The van der Waals surface area contributed by atoms with E-state index in [0.29, 0.717) is 33.6 Å². The van der Waals surface area contributed by atoms with E-state index in [2.05, 4.69) is 20.6 Å². The molecule has 2 N–H and O–H groups in total. The zero-order valence-corrected chi connectivity index (χ0v) is 38.1. The maximum atomic E-state index is 14.6. The molecular weight excluding hydrogens is 899 g/mol. The summed E-state index contributed by atoms with van der Waals surface area (Å²) in [5.41, 5.74) is 5.06. The van der Waals surface area contributed by atoms with Gasteiger partial charge in [-0.1, -0.05) is 45.0 Å². The zero-order valence-electron chi connectivity index (χ0n) is 38.1. The summed E-state index contributed by atoms with van der Waals surface area (Å²) >= 11 is 0. The number of aromatic nitrogens is 2. The first kappa shape index (κ1) is 49.5. The number of carbonyl (C=O) groups is 4. The van der Waals surface area contributed by atoms with Crippen LogP contribution in [-0.2, 0) is 16.0 Å². The molecule has 6 aromatic rings. The predicted octanol–water partition coefficient (Wildman–Crippen LogP) is 10.9. The minimum Gasteiger partial charge on any atom is -0.332 e. The number of likely N-dealkylation sites (tertiary alicyclic amines) is 2. The molecule has 2 saturated heterocycles. The highest BCUT2D eigenvalue weighted by molar-refractivity contribution is 5.98. The highest BCUT2D eigenvalue weighted by Gasteiger charge is 2.46.